The number of aromatic nitrogens is 1. The number of aromatic carboxylic acids is 1. The number of hydrogen-bond donors (Lipinski definition) is 2. The fourth-order valence-electron chi connectivity index (χ4n) is 2.20. The van der Waals surface area contributed by atoms with E-state index in [9.17, 15) is 4.79 Å². The lowest BCUT2D eigenvalue weighted by molar-refractivity contribution is 0.0697. The lowest BCUT2D eigenvalue weighted by Crippen LogP contribution is -2.07. The van der Waals surface area contributed by atoms with Crippen LogP contribution in [-0.2, 0) is 0 Å². The van der Waals surface area contributed by atoms with E-state index in [4.69, 9.17) is 16.7 Å². The van der Waals surface area contributed by atoms with Crippen molar-refractivity contribution in [2.45, 2.75) is 58.3 Å². The molecule has 1 rings (SSSR count). The second-order valence-electron chi connectivity index (χ2n) is 5.23. The van der Waals surface area contributed by atoms with Crippen LogP contribution in [0.4, 0.5) is 5.82 Å². The van der Waals surface area contributed by atoms with Gasteiger partial charge in [-0.1, -0.05) is 63.5 Å². The van der Waals surface area contributed by atoms with Gasteiger partial charge in [0.1, 0.15) is 5.82 Å². The summed E-state index contributed by atoms with van der Waals surface area (Å²) in [7, 11) is 0. The largest absolute Gasteiger partial charge is 0.478 e. The summed E-state index contributed by atoms with van der Waals surface area (Å²) in [5.41, 5.74) is 0.0880. The van der Waals surface area contributed by atoms with Gasteiger partial charge in [-0.2, -0.15) is 0 Å². The van der Waals surface area contributed by atoms with Crippen molar-refractivity contribution >= 4 is 23.4 Å². The van der Waals surface area contributed by atoms with Gasteiger partial charge in [0.25, 0.3) is 0 Å². The minimum atomic E-state index is -1.03. The van der Waals surface area contributed by atoms with Crippen molar-refractivity contribution in [1.82, 2.24) is 4.98 Å². The highest BCUT2D eigenvalue weighted by Gasteiger charge is 2.12. The Labute approximate surface area is 131 Å². The fraction of sp³-hybridized carbons (Fsp3) is 0.625. The maximum Gasteiger partial charge on any atom is 0.337 e. The third-order valence-electron chi connectivity index (χ3n) is 3.44. The highest BCUT2D eigenvalue weighted by atomic mass is 35.5. The number of carbonyl (C=O) groups is 1. The van der Waals surface area contributed by atoms with Crippen molar-refractivity contribution < 1.29 is 9.90 Å². The summed E-state index contributed by atoms with van der Waals surface area (Å²) >= 11 is 6.01. The predicted molar refractivity (Wildman–Crippen MR) is 87.3 cm³/mol. The van der Waals surface area contributed by atoms with Crippen molar-refractivity contribution in [2.24, 2.45) is 0 Å². The molecular formula is C16H25ClN2O2. The topological polar surface area (TPSA) is 62.2 Å². The third kappa shape index (κ3) is 6.80. The summed E-state index contributed by atoms with van der Waals surface area (Å²) in [5, 5.41) is 12.3. The Morgan fingerprint density at radius 1 is 1.19 bits per heavy atom. The lowest BCUT2D eigenvalue weighted by atomic mass is 10.1. The fourth-order valence-corrected chi connectivity index (χ4v) is 2.46. The second-order valence-corrected chi connectivity index (χ2v) is 5.61. The molecule has 0 fully saturated rings. The Morgan fingerprint density at radius 2 is 1.81 bits per heavy atom. The highest BCUT2D eigenvalue weighted by molar-refractivity contribution is 6.35. The molecule has 0 aliphatic rings. The summed E-state index contributed by atoms with van der Waals surface area (Å²) in [5.74, 6) is -0.572. The molecule has 1 aromatic heterocycles. The first-order chi connectivity index (χ1) is 10.2. The Morgan fingerprint density at radius 3 is 2.43 bits per heavy atom. The molecule has 0 aliphatic carbocycles. The molecule has 118 valence electrons. The van der Waals surface area contributed by atoms with E-state index in [1.54, 1.807) is 0 Å². The molecule has 0 bridgehead atoms. The van der Waals surface area contributed by atoms with E-state index in [2.05, 4.69) is 17.2 Å². The van der Waals surface area contributed by atoms with Crippen molar-refractivity contribution in [2.75, 3.05) is 11.9 Å². The van der Waals surface area contributed by atoms with Gasteiger partial charge in [-0.25, -0.2) is 9.78 Å². The molecule has 5 heteroatoms. The second kappa shape index (κ2) is 10.4. The number of hydrogen-bond acceptors (Lipinski definition) is 3. The van der Waals surface area contributed by atoms with E-state index in [1.807, 2.05) is 0 Å². The molecule has 4 nitrogen and oxygen atoms in total. The van der Waals surface area contributed by atoms with Crippen LogP contribution in [0.5, 0.6) is 0 Å². The van der Waals surface area contributed by atoms with Crippen LogP contribution in [0, 0.1) is 0 Å². The summed E-state index contributed by atoms with van der Waals surface area (Å²) < 4.78 is 0. The molecule has 1 aromatic rings. The van der Waals surface area contributed by atoms with Crippen LogP contribution in [0.1, 0.15) is 68.6 Å². The van der Waals surface area contributed by atoms with Gasteiger partial charge in [0.15, 0.2) is 0 Å². The van der Waals surface area contributed by atoms with Crippen LogP contribution in [-0.4, -0.2) is 22.6 Å². The average molecular weight is 313 g/mol. The van der Waals surface area contributed by atoms with Crippen LogP contribution < -0.4 is 5.32 Å². The monoisotopic (exact) mass is 312 g/mol. The normalized spacial score (nSPS) is 10.6. The molecule has 0 aliphatic heterocycles. The minimum Gasteiger partial charge on any atom is -0.478 e. The van der Waals surface area contributed by atoms with Gasteiger partial charge in [0.05, 0.1) is 10.6 Å². The van der Waals surface area contributed by atoms with Crippen molar-refractivity contribution in [3.05, 3.63) is 22.8 Å². The molecule has 2 N–H and O–H groups in total. The molecule has 0 unspecified atom stereocenters. The summed E-state index contributed by atoms with van der Waals surface area (Å²) in [6, 6.07) is 1.41. The van der Waals surface area contributed by atoms with Gasteiger partial charge < -0.3 is 10.4 Å². The zero-order valence-electron chi connectivity index (χ0n) is 12.7. The Kier molecular flexibility index (Phi) is 8.83. The Hall–Kier alpha value is -1.29. The SMILES string of the molecule is CCCCCCCCCCNc1nccc(C(=O)O)c1Cl. The number of halogens is 1. The van der Waals surface area contributed by atoms with Crippen molar-refractivity contribution in [3.8, 4) is 0 Å². The van der Waals surface area contributed by atoms with Crippen LogP contribution >= 0.6 is 11.6 Å². The first-order valence-electron chi connectivity index (χ1n) is 7.78. The van der Waals surface area contributed by atoms with Crippen molar-refractivity contribution in [3.63, 3.8) is 0 Å². The van der Waals surface area contributed by atoms with Gasteiger partial charge in [-0.05, 0) is 12.5 Å². The molecule has 0 saturated heterocycles. The van der Waals surface area contributed by atoms with Gasteiger partial charge >= 0.3 is 5.97 Å². The third-order valence-corrected chi connectivity index (χ3v) is 3.83. The highest BCUT2D eigenvalue weighted by Crippen LogP contribution is 2.23. The standard InChI is InChI=1S/C16H25ClN2O2/c1-2-3-4-5-6-7-8-9-11-18-15-14(17)13(16(20)21)10-12-19-15/h10,12H,2-9,11H2,1H3,(H,18,19)(H,20,21). The number of pyridine rings is 1. The number of carboxylic acids is 1. The Bertz CT molecular complexity index is 438. The van der Waals surface area contributed by atoms with E-state index in [0.717, 1.165) is 13.0 Å². The van der Waals surface area contributed by atoms with E-state index in [-0.39, 0.29) is 10.6 Å². The number of anilines is 1. The van der Waals surface area contributed by atoms with Crippen LogP contribution in [0.2, 0.25) is 5.02 Å². The first kappa shape index (κ1) is 17.8. The smallest absolute Gasteiger partial charge is 0.337 e. The number of nitrogens with zero attached hydrogens (tertiary/aromatic N) is 1. The maximum absolute atomic E-state index is 11.0. The predicted octanol–water partition coefficient (Wildman–Crippen LogP) is 4.99. The van der Waals surface area contributed by atoms with Gasteiger partial charge in [0.2, 0.25) is 0 Å². The molecule has 0 saturated carbocycles. The first-order valence-corrected chi connectivity index (χ1v) is 8.16. The molecule has 0 radical (unpaired) electrons. The number of unbranched alkanes of at least 4 members (excludes halogenated alkanes) is 7. The summed E-state index contributed by atoms with van der Waals surface area (Å²) in [4.78, 5) is 15.0. The minimum absolute atomic E-state index is 0.0880. The van der Waals surface area contributed by atoms with Crippen molar-refractivity contribution in [1.29, 1.82) is 0 Å². The van der Waals surface area contributed by atoms with Gasteiger partial charge in [-0.3, -0.25) is 0 Å². The zero-order chi connectivity index (χ0) is 15.5. The number of carboxylic acid groups (broad SMARTS) is 1. The van der Waals surface area contributed by atoms with Crippen LogP contribution in [0.15, 0.2) is 12.3 Å². The van der Waals surface area contributed by atoms with E-state index < -0.39 is 5.97 Å². The quantitative estimate of drug-likeness (QED) is 0.565. The number of rotatable bonds is 11. The van der Waals surface area contributed by atoms with Gasteiger partial charge in [-0.15, -0.1) is 0 Å². The molecule has 21 heavy (non-hydrogen) atoms. The molecule has 0 atom stereocenters. The van der Waals surface area contributed by atoms with E-state index in [0.29, 0.717) is 5.82 Å². The van der Waals surface area contributed by atoms with E-state index >= 15 is 0 Å². The average Bonchev–Trinajstić information content (AvgIpc) is 2.46. The zero-order valence-corrected chi connectivity index (χ0v) is 13.5. The number of nitrogens with one attached hydrogen (secondary N) is 1. The molecule has 0 aromatic carbocycles. The molecule has 1 heterocycles. The Balaban J connectivity index is 2.19. The lowest BCUT2D eigenvalue weighted by Gasteiger charge is -2.08. The van der Waals surface area contributed by atoms with Crippen LogP contribution in [0.3, 0.4) is 0 Å². The summed E-state index contributed by atoms with van der Waals surface area (Å²) in [6.07, 6.45) is 11.5. The van der Waals surface area contributed by atoms with Gasteiger partial charge in [0, 0.05) is 12.7 Å². The maximum atomic E-state index is 11.0. The van der Waals surface area contributed by atoms with E-state index in [1.165, 1.54) is 57.2 Å². The molecular weight excluding hydrogens is 288 g/mol. The van der Waals surface area contributed by atoms with Crippen LogP contribution in [0.25, 0.3) is 0 Å². The summed E-state index contributed by atoms with van der Waals surface area (Å²) in [6.45, 7) is 2.99. The molecule has 0 spiro atoms. The molecule has 0 amide bonds.